The smallest absolute Gasteiger partial charge is 0.120 e. The highest BCUT2D eigenvalue weighted by Gasteiger charge is 2.37. The number of rotatable bonds is 4. The summed E-state index contributed by atoms with van der Waals surface area (Å²) in [7, 11) is 0. The lowest BCUT2D eigenvalue weighted by Gasteiger charge is -2.20. The van der Waals surface area contributed by atoms with Crippen LogP contribution in [0.1, 0.15) is 17.5 Å². The van der Waals surface area contributed by atoms with E-state index in [0.717, 1.165) is 29.5 Å². The molecule has 0 fully saturated rings. The van der Waals surface area contributed by atoms with E-state index >= 15 is 0 Å². The molecule has 2 aromatic rings. The zero-order valence-corrected chi connectivity index (χ0v) is 13.3. The van der Waals surface area contributed by atoms with E-state index in [1.165, 1.54) is 11.1 Å². The van der Waals surface area contributed by atoms with Crippen molar-refractivity contribution in [2.24, 2.45) is 5.41 Å². The highest BCUT2D eigenvalue weighted by molar-refractivity contribution is 9.10. The lowest BCUT2D eigenvalue weighted by atomic mass is 9.83. The van der Waals surface area contributed by atoms with Gasteiger partial charge in [-0.3, -0.25) is 0 Å². The summed E-state index contributed by atoms with van der Waals surface area (Å²) in [4.78, 5) is 0. The molecule has 0 amide bonds. The normalized spacial score (nSPS) is 15.2. The minimum absolute atomic E-state index is 0.310. The molecule has 0 spiro atoms. The van der Waals surface area contributed by atoms with Crippen LogP contribution in [0, 0.1) is 16.7 Å². The van der Waals surface area contributed by atoms with Gasteiger partial charge in [-0.05, 0) is 42.2 Å². The van der Waals surface area contributed by atoms with Crippen molar-refractivity contribution in [1.82, 2.24) is 0 Å². The van der Waals surface area contributed by atoms with Gasteiger partial charge in [-0.15, -0.1) is 0 Å². The van der Waals surface area contributed by atoms with Crippen LogP contribution in [0.4, 0.5) is 0 Å². The van der Waals surface area contributed by atoms with Crippen molar-refractivity contribution in [3.05, 3.63) is 64.1 Å². The van der Waals surface area contributed by atoms with Gasteiger partial charge in [-0.1, -0.05) is 46.3 Å². The molecule has 1 aliphatic rings. The summed E-state index contributed by atoms with van der Waals surface area (Å²) in [6.45, 7) is 0.567. The molecule has 3 rings (SSSR count). The van der Waals surface area contributed by atoms with Crippen LogP contribution in [0.25, 0.3) is 0 Å². The Labute approximate surface area is 133 Å². The number of halogens is 1. The molecule has 0 aromatic heterocycles. The summed E-state index contributed by atoms with van der Waals surface area (Å²) in [5.41, 5.74) is 2.30. The summed E-state index contributed by atoms with van der Waals surface area (Å²) in [5.74, 6) is 0.841. The van der Waals surface area contributed by atoms with Gasteiger partial charge < -0.3 is 4.74 Å². The Morgan fingerprint density at radius 1 is 1.10 bits per heavy atom. The molecule has 0 heterocycles. The predicted octanol–water partition coefficient (Wildman–Crippen LogP) is 4.53. The maximum absolute atomic E-state index is 9.62. The van der Waals surface area contributed by atoms with E-state index in [9.17, 15) is 5.26 Å². The third-order valence-electron chi connectivity index (χ3n) is 4.06. The summed E-state index contributed by atoms with van der Waals surface area (Å²) < 4.78 is 6.80. The number of hydrogen-bond donors (Lipinski definition) is 0. The summed E-state index contributed by atoms with van der Waals surface area (Å²) in [5, 5.41) is 9.62. The van der Waals surface area contributed by atoms with Gasteiger partial charge >= 0.3 is 0 Å². The van der Waals surface area contributed by atoms with Gasteiger partial charge in [0, 0.05) is 10.9 Å². The summed E-state index contributed by atoms with van der Waals surface area (Å²) in [6.07, 6.45) is 2.42. The van der Waals surface area contributed by atoms with Crippen molar-refractivity contribution in [3.8, 4) is 11.8 Å². The molecule has 0 atom stereocenters. The molecule has 0 saturated heterocycles. The van der Waals surface area contributed by atoms with Gasteiger partial charge in [0.05, 0.1) is 18.1 Å². The molecule has 0 N–H and O–H groups in total. The Kier molecular flexibility index (Phi) is 3.98. The number of nitrogens with zero attached hydrogens (tertiary/aromatic N) is 1. The van der Waals surface area contributed by atoms with Crippen LogP contribution in [-0.4, -0.2) is 6.61 Å². The molecular formula is C18H16BrNO. The Bertz CT molecular complexity index is 665. The van der Waals surface area contributed by atoms with Crippen molar-refractivity contribution < 1.29 is 4.74 Å². The Morgan fingerprint density at radius 2 is 1.81 bits per heavy atom. The first-order chi connectivity index (χ1) is 10.2. The fraction of sp³-hybridized carbons (Fsp3) is 0.278. The van der Waals surface area contributed by atoms with Crippen molar-refractivity contribution >= 4 is 15.9 Å². The van der Waals surface area contributed by atoms with Crippen LogP contribution in [0.15, 0.2) is 53.0 Å². The molecule has 2 aromatic carbocycles. The quantitative estimate of drug-likeness (QED) is 0.818. The van der Waals surface area contributed by atoms with Gasteiger partial charge in [-0.25, -0.2) is 0 Å². The third-order valence-corrected chi connectivity index (χ3v) is 4.55. The fourth-order valence-electron chi connectivity index (χ4n) is 2.93. The second-order valence-electron chi connectivity index (χ2n) is 5.57. The third kappa shape index (κ3) is 3.11. The van der Waals surface area contributed by atoms with E-state index < -0.39 is 0 Å². The van der Waals surface area contributed by atoms with Gasteiger partial charge in [0.15, 0.2) is 0 Å². The fourth-order valence-corrected chi connectivity index (χ4v) is 3.31. The van der Waals surface area contributed by atoms with E-state index in [2.05, 4.69) is 34.1 Å². The molecule has 2 nitrogen and oxygen atoms in total. The zero-order valence-electron chi connectivity index (χ0n) is 11.7. The van der Waals surface area contributed by atoms with Gasteiger partial charge in [0.2, 0.25) is 0 Å². The predicted molar refractivity (Wildman–Crippen MR) is 86.2 cm³/mol. The average Bonchev–Trinajstić information content (AvgIpc) is 2.86. The first-order valence-electron chi connectivity index (χ1n) is 7.07. The van der Waals surface area contributed by atoms with Crippen LogP contribution >= 0.6 is 15.9 Å². The van der Waals surface area contributed by atoms with Gasteiger partial charge in [0.25, 0.3) is 0 Å². The Hall–Kier alpha value is -1.79. The van der Waals surface area contributed by atoms with E-state index in [0.29, 0.717) is 6.61 Å². The molecular weight excluding hydrogens is 326 g/mol. The van der Waals surface area contributed by atoms with Crippen molar-refractivity contribution in [2.75, 3.05) is 6.61 Å². The van der Waals surface area contributed by atoms with Crippen molar-refractivity contribution in [2.45, 2.75) is 19.3 Å². The van der Waals surface area contributed by atoms with Crippen LogP contribution < -0.4 is 4.74 Å². The maximum Gasteiger partial charge on any atom is 0.120 e. The zero-order chi connectivity index (χ0) is 14.7. The first-order valence-corrected chi connectivity index (χ1v) is 7.86. The Balaban J connectivity index is 1.63. The number of benzene rings is 2. The molecule has 0 aliphatic heterocycles. The molecule has 21 heavy (non-hydrogen) atoms. The van der Waals surface area contributed by atoms with Crippen LogP contribution in [-0.2, 0) is 12.8 Å². The van der Waals surface area contributed by atoms with Crippen LogP contribution in [0.2, 0.25) is 0 Å². The lowest BCUT2D eigenvalue weighted by molar-refractivity contribution is 0.247. The molecule has 0 bridgehead atoms. The highest BCUT2D eigenvalue weighted by Crippen LogP contribution is 2.39. The van der Waals surface area contributed by atoms with Crippen molar-refractivity contribution in [3.63, 3.8) is 0 Å². The van der Waals surface area contributed by atoms with Crippen LogP contribution in [0.5, 0.6) is 5.75 Å². The molecule has 0 saturated carbocycles. The molecule has 0 unspecified atom stereocenters. The van der Waals surface area contributed by atoms with Crippen LogP contribution in [0.3, 0.4) is 0 Å². The molecule has 0 radical (unpaired) electrons. The van der Waals surface area contributed by atoms with E-state index in [1.54, 1.807) is 0 Å². The number of fused-ring (bicyclic) bond motifs is 1. The monoisotopic (exact) mass is 341 g/mol. The summed E-state index contributed by atoms with van der Waals surface area (Å²) in [6, 6.07) is 18.7. The van der Waals surface area contributed by atoms with Crippen molar-refractivity contribution in [1.29, 1.82) is 5.26 Å². The first kappa shape index (κ1) is 14.2. The minimum Gasteiger partial charge on any atom is -0.493 e. The van der Waals surface area contributed by atoms with Gasteiger partial charge in [-0.2, -0.15) is 5.26 Å². The molecule has 106 valence electrons. The lowest BCUT2D eigenvalue weighted by Crippen LogP contribution is -2.22. The number of hydrogen-bond acceptors (Lipinski definition) is 2. The highest BCUT2D eigenvalue weighted by atomic mass is 79.9. The number of ether oxygens (including phenoxy) is 1. The second kappa shape index (κ2) is 5.91. The largest absolute Gasteiger partial charge is 0.493 e. The molecule has 1 aliphatic carbocycles. The van der Waals surface area contributed by atoms with E-state index in [-0.39, 0.29) is 5.41 Å². The SMILES string of the molecule is N#CC1(CCOc2cccc(Br)c2)Cc2ccccc2C1. The minimum atomic E-state index is -0.310. The standard InChI is InChI=1S/C18H16BrNO/c19-16-6-3-7-17(10-16)21-9-8-18(13-20)11-14-4-1-2-5-15(14)12-18/h1-7,10H,8-9,11-12H2. The topological polar surface area (TPSA) is 33.0 Å². The number of nitriles is 1. The Morgan fingerprint density at radius 3 is 2.43 bits per heavy atom. The van der Waals surface area contributed by atoms with E-state index in [1.807, 2.05) is 36.4 Å². The van der Waals surface area contributed by atoms with Gasteiger partial charge in [0.1, 0.15) is 5.75 Å². The average molecular weight is 342 g/mol. The van der Waals surface area contributed by atoms with E-state index in [4.69, 9.17) is 4.74 Å². The maximum atomic E-state index is 9.62. The second-order valence-corrected chi connectivity index (χ2v) is 6.49. The summed E-state index contributed by atoms with van der Waals surface area (Å²) >= 11 is 3.43. The molecule has 3 heteroatoms.